The van der Waals surface area contributed by atoms with Gasteiger partial charge in [0.2, 0.25) is 0 Å². The highest BCUT2D eigenvalue weighted by atomic mass is 35.5. The van der Waals surface area contributed by atoms with Crippen LogP contribution in [0.4, 0.5) is 5.69 Å². The van der Waals surface area contributed by atoms with Gasteiger partial charge in [0.05, 0.1) is 26.2 Å². The summed E-state index contributed by atoms with van der Waals surface area (Å²) in [6.07, 6.45) is 1.46. The van der Waals surface area contributed by atoms with Gasteiger partial charge in [-0.15, -0.1) is 0 Å². The second kappa shape index (κ2) is 5.88. The minimum atomic E-state index is -0.380. The highest BCUT2D eigenvalue weighted by Crippen LogP contribution is 2.38. The van der Waals surface area contributed by atoms with E-state index in [1.807, 2.05) is 0 Å². The van der Waals surface area contributed by atoms with Crippen LogP contribution in [0.15, 0.2) is 28.9 Å². The van der Waals surface area contributed by atoms with Crippen LogP contribution in [0.25, 0.3) is 0 Å². The fraction of sp³-hybridized carbons (Fsp3) is 0.214. The Bertz CT molecular complexity index is 636. The molecule has 0 aliphatic heterocycles. The number of aryl methyl sites for hydroxylation is 1. The number of anilines is 1. The van der Waals surface area contributed by atoms with E-state index in [1.54, 1.807) is 25.1 Å². The van der Waals surface area contributed by atoms with Gasteiger partial charge in [0, 0.05) is 16.7 Å². The molecule has 1 aromatic carbocycles. The highest BCUT2D eigenvalue weighted by Gasteiger charge is 2.18. The van der Waals surface area contributed by atoms with Gasteiger partial charge >= 0.3 is 0 Å². The van der Waals surface area contributed by atoms with Crippen LogP contribution >= 0.6 is 11.6 Å². The van der Waals surface area contributed by atoms with Crippen molar-refractivity contribution < 1.29 is 18.7 Å². The Morgan fingerprint density at radius 3 is 2.60 bits per heavy atom. The topological polar surface area (TPSA) is 60.7 Å². The van der Waals surface area contributed by atoms with Gasteiger partial charge in [-0.25, -0.2) is 0 Å². The number of nitrogens with one attached hydrogen (secondary N) is 1. The summed E-state index contributed by atoms with van der Waals surface area (Å²) in [6, 6.07) is 4.90. The lowest BCUT2D eigenvalue weighted by Gasteiger charge is -2.13. The highest BCUT2D eigenvalue weighted by molar-refractivity contribution is 6.31. The Morgan fingerprint density at radius 1 is 1.30 bits per heavy atom. The van der Waals surface area contributed by atoms with Crippen LogP contribution in [0.1, 0.15) is 16.1 Å². The second-order valence-corrected chi connectivity index (χ2v) is 4.51. The maximum atomic E-state index is 12.1. The third-order valence-corrected chi connectivity index (χ3v) is 2.98. The van der Waals surface area contributed by atoms with Crippen LogP contribution in [0.3, 0.4) is 0 Å². The molecule has 0 aliphatic carbocycles. The van der Waals surface area contributed by atoms with E-state index in [0.717, 1.165) is 5.56 Å². The van der Waals surface area contributed by atoms with Crippen molar-refractivity contribution in [2.45, 2.75) is 6.92 Å². The fourth-order valence-corrected chi connectivity index (χ4v) is 2.02. The summed E-state index contributed by atoms with van der Waals surface area (Å²) in [4.78, 5) is 12.1. The molecule has 6 heteroatoms. The van der Waals surface area contributed by atoms with E-state index in [1.165, 1.54) is 20.5 Å². The molecule has 2 aromatic rings. The number of hydrogen-bond acceptors (Lipinski definition) is 4. The van der Waals surface area contributed by atoms with E-state index in [2.05, 4.69) is 5.32 Å². The number of amides is 1. The van der Waals surface area contributed by atoms with E-state index >= 15 is 0 Å². The maximum Gasteiger partial charge on any atom is 0.291 e. The Labute approximate surface area is 121 Å². The largest absolute Gasteiger partial charge is 0.493 e. The van der Waals surface area contributed by atoms with Gasteiger partial charge in [-0.2, -0.15) is 0 Å². The van der Waals surface area contributed by atoms with E-state index < -0.39 is 0 Å². The van der Waals surface area contributed by atoms with Crippen LogP contribution in [0, 0.1) is 6.92 Å². The molecule has 0 saturated heterocycles. The Morgan fingerprint density at radius 2 is 2.05 bits per heavy atom. The van der Waals surface area contributed by atoms with Gasteiger partial charge in [0.15, 0.2) is 17.3 Å². The minimum Gasteiger partial charge on any atom is -0.493 e. The van der Waals surface area contributed by atoms with Crippen molar-refractivity contribution in [2.24, 2.45) is 0 Å². The number of hydrogen-bond donors (Lipinski definition) is 1. The van der Waals surface area contributed by atoms with E-state index in [4.69, 9.17) is 25.5 Å². The predicted molar refractivity (Wildman–Crippen MR) is 76.0 cm³/mol. The number of rotatable bonds is 4. The van der Waals surface area contributed by atoms with Crippen LogP contribution < -0.4 is 14.8 Å². The molecule has 0 atom stereocenters. The summed E-state index contributed by atoms with van der Waals surface area (Å²) < 4.78 is 15.6. The number of carbonyl (C=O) groups is 1. The lowest BCUT2D eigenvalue weighted by Crippen LogP contribution is -2.13. The van der Waals surface area contributed by atoms with Gasteiger partial charge < -0.3 is 19.2 Å². The SMILES string of the molecule is COc1cc(Cl)cc(NC(=O)c2occc2C)c1OC. The number of furan rings is 1. The van der Waals surface area contributed by atoms with Crippen LogP contribution in [0.5, 0.6) is 11.5 Å². The van der Waals surface area contributed by atoms with Crippen LogP contribution in [-0.2, 0) is 0 Å². The molecular weight excluding hydrogens is 282 g/mol. The van der Waals surface area contributed by atoms with Gasteiger partial charge in [-0.05, 0) is 19.1 Å². The number of methoxy groups -OCH3 is 2. The maximum absolute atomic E-state index is 12.1. The van der Waals surface area contributed by atoms with E-state index in [-0.39, 0.29) is 11.7 Å². The average molecular weight is 296 g/mol. The molecule has 2 rings (SSSR count). The first-order valence-electron chi connectivity index (χ1n) is 5.83. The predicted octanol–water partition coefficient (Wildman–Crippen LogP) is 3.51. The van der Waals surface area contributed by atoms with Crippen molar-refractivity contribution in [1.29, 1.82) is 0 Å². The van der Waals surface area contributed by atoms with Crippen molar-refractivity contribution in [2.75, 3.05) is 19.5 Å². The van der Waals surface area contributed by atoms with E-state index in [0.29, 0.717) is 22.2 Å². The zero-order chi connectivity index (χ0) is 14.7. The minimum absolute atomic E-state index is 0.242. The molecule has 0 saturated carbocycles. The van der Waals surface area contributed by atoms with E-state index in [9.17, 15) is 4.79 Å². The Hall–Kier alpha value is -2.14. The van der Waals surface area contributed by atoms with Gasteiger partial charge in [-0.1, -0.05) is 11.6 Å². The number of halogens is 1. The Kier molecular flexibility index (Phi) is 4.20. The first kappa shape index (κ1) is 14.3. The standard InChI is InChI=1S/C14H14ClNO4/c1-8-4-5-20-12(8)14(17)16-10-6-9(15)7-11(18-2)13(10)19-3/h4-7H,1-3H3,(H,16,17). The van der Waals surface area contributed by atoms with Crippen LogP contribution in [-0.4, -0.2) is 20.1 Å². The fourth-order valence-electron chi connectivity index (χ4n) is 1.81. The third-order valence-electron chi connectivity index (χ3n) is 2.76. The third kappa shape index (κ3) is 2.72. The summed E-state index contributed by atoms with van der Waals surface area (Å²) in [6.45, 7) is 1.79. The molecule has 0 unspecified atom stereocenters. The van der Waals surface area contributed by atoms with Crippen molar-refractivity contribution >= 4 is 23.2 Å². The molecule has 5 nitrogen and oxygen atoms in total. The first-order chi connectivity index (χ1) is 9.56. The molecule has 0 bridgehead atoms. The zero-order valence-electron chi connectivity index (χ0n) is 11.3. The number of benzene rings is 1. The summed E-state index contributed by atoms with van der Waals surface area (Å²) in [5.74, 6) is 0.696. The molecule has 0 spiro atoms. The molecule has 1 amide bonds. The van der Waals surface area contributed by atoms with Crippen molar-refractivity contribution in [1.82, 2.24) is 0 Å². The molecule has 1 heterocycles. The average Bonchev–Trinajstić information content (AvgIpc) is 2.84. The number of carbonyl (C=O) groups excluding carboxylic acids is 1. The second-order valence-electron chi connectivity index (χ2n) is 4.08. The van der Waals surface area contributed by atoms with Crippen molar-refractivity contribution in [3.63, 3.8) is 0 Å². The quantitative estimate of drug-likeness (QED) is 0.937. The molecule has 20 heavy (non-hydrogen) atoms. The molecule has 0 radical (unpaired) electrons. The molecule has 0 aliphatic rings. The molecule has 0 fully saturated rings. The van der Waals surface area contributed by atoms with Crippen molar-refractivity contribution in [3.05, 3.63) is 40.8 Å². The van der Waals surface area contributed by atoms with Gasteiger partial charge in [0.1, 0.15) is 0 Å². The molecule has 1 aromatic heterocycles. The zero-order valence-corrected chi connectivity index (χ0v) is 12.1. The van der Waals surface area contributed by atoms with Gasteiger partial charge in [0.25, 0.3) is 5.91 Å². The number of ether oxygens (including phenoxy) is 2. The molecule has 1 N–H and O–H groups in total. The first-order valence-corrected chi connectivity index (χ1v) is 6.21. The summed E-state index contributed by atoms with van der Waals surface area (Å²) in [5.41, 5.74) is 1.16. The normalized spacial score (nSPS) is 10.2. The molecule has 106 valence electrons. The van der Waals surface area contributed by atoms with Gasteiger partial charge in [-0.3, -0.25) is 4.79 Å². The monoisotopic (exact) mass is 295 g/mol. The van der Waals surface area contributed by atoms with Crippen LogP contribution in [0.2, 0.25) is 5.02 Å². The summed E-state index contributed by atoms with van der Waals surface area (Å²) in [5, 5.41) is 3.12. The lowest BCUT2D eigenvalue weighted by molar-refractivity contribution is 0.0995. The Balaban J connectivity index is 2.36. The summed E-state index contributed by atoms with van der Waals surface area (Å²) >= 11 is 5.99. The lowest BCUT2D eigenvalue weighted by atomic mass is 10.2. The van der Waals surface area contributed by atoms with Crippen molar-refractivity contribution in [3.8, 4) is 11.5 Å². The molecular formula is C14H14ClNO4. The smallest absolute Gasteiger partial charge is 0.291 e. The summed E-state index contributed by atoms with van der Waals surface area (Å²) in [7, 11) is 2.98.